The van der Waals surface area contributed by atoms with Gasteiger partial charge in [0.15, 0.2) is 10.9 Å². The Morgan fingerprint density at radius 1 is 1.30 bits per heavy atom. The Kier molecular flexibility index (Phi) is 4.60. The Morgan fingerprint density at radius 2 is 2.04 bits per heavy atom. The highest BCUT2D eigenvalue weighted by molar-refractivity contribution is 8.13. The number of rotatable bonds is 2. The number of thioether (sulfide) groups is 1. The summed E-state index contributed by atoms with van der Waals surface area (Å²) in [5.41, 5.74) is 0.465. The zero-order valence-electron chi connectivity index (χ0n) is 16.3. The van der Waals surface area contributed by atoms with E-state index in [4.69, 9.17) is 0 Å². The molecule has 0 spiro atoms. The number of alkyl halides is 1. The lowest BCUT2D eigenvalue weighted by atomic mass is 9.47. The van der Waals surface area contributed by atoms with Crippen molar-refractivity contribution in [1.82, 2.24) is 0 Å². The van der Waals surface area contributed by atoms with Crippen molar-refractivity contribution in [3.8, 4) is 0 Å². The summed E-state index contributed by atoms with van der Waals surface area (Å²) >= 11 is 0.830. The van der Waals surface area contributed by atoms with Gasteiger partial charge < -0.3 is 5.11 Å². The fraction of sp³-hybridized carbons (Fsp3) is 0.727. The molecule has 0 radical (unpaired) electrons. The van der Waals surface area contributed by atoms with Crippen LogP contribution in [0.5, 0.6) is 0 Å². The van der Waals surface area contributed by atoms with Crippen LogP contribution in [0.3, 0.4) is 0 Å². The zero-order valence-corrected chi connectivity index (χ0v) is 17.2. The first-order valence-corrected chi connectivity index (χ1v) is 11.1. The minimum Gasteiger partial charge on any atom is -0.508 e. The molecule has 3 nitrogen and oxygen atoms in total. The average Bonchev–Trinajstić information content (AvgIpc) is 2.87. The van der Waals surface area contributed by atoms with Crippen molar-refractivity contribution >= 4 is 22.7 Å². The van der Waals surface area contributed by atoms with Gasteiger partial charge in [-0.05, 0) is 74.2 Å². The van der Waals surface area contributed by atoms with E-state index in [9.17, 15) is 19.1 Å². The Balaban J connectivity index is 1.68. The number of aliphatic hydroxyl groups is 1. The summed E-state index contributed by atoms with van der Waals surface area (Å²) in [6, 6.07) is -0.647. The summed E-state index contributed by atoms with van der Waals surface area (Å²) in [5, 5.41) is 9.91. The molecule has 0 aromatic carbocycles. The van der Waals surface area contributed by atoms with Crippen molar-refractivity contribution in [2.24, 2.45) is 40.4 Å². The quantitative estimate of drug-likeness (QED) is 0.699. The molecule has 1 N–H and O–H groups in total. The number of carbonyl (C=O) groups is 2. The van der Waals surface area contributed by atoms with Crippen LogP contribution < -0.4 is 0 Å². The predicted molar refractivity (Wildman–Crippen MR) is 105 cm³/mol. The number of hydrogen-bond donors (Lipinski definition) is 1. The van der Waals surface area contributed by atoms with Gasteiger partial charge in [-0.15, -0.1) is 0 Å². The summed E-state index contributed by atoms with van der Waals surface area (Å²) < 4.78 is 12.8. The minimum absolute atomic E-state index is 0.0117. The second-order valence-corrected chi connectivity index (χ2v) is 10.4. The van der Waals surface area contributed by atoms with Gasteiger partial charge in [0.2, 0.25) is 0 Å². The number of allylic oxidation sites excluding steroid dienone is 3. The second-order valence-electron chi connectivity index (χ2n) is 9.53. The summed E-state index contributed by atoms with van der Waals surface area (Å²) in [4.78, 5) is 25.6. The van der Waals surface area contributed by atoms with Gasteiger partial charge in [-0.1, -0.05) is 31.2 Å². The van der Waals surface area contributed by atoms with E-state index >= 15 is 0 Å². The molecule has 0 bridgehead atoms. The van der Waals surface area contributed by atoms with Crippen molar-refractivity contribution in [3.05, 3.63) is 23.5 Å². The van der Waals surface area contributed by atoms with Crippen LogP contribution in [-0.2, 0) is 9.59 Å². The van der Waals surface area contributed by atoms with Crippen LogP contribution >= 0.6 is 11.8 Å². The molecular weight excluding hydrogens is 363 g/mol. The third-order valence-electron chi connectivity index (χ3n) is 8.50. The van der Waals surface area contributed by atoms with Crippen LogP contribution in [0.25, 0.3) is 0 Å². The topological polar surface area (TPSA) is 54.4 Å². The van der Waals surface area contributed by atoms with E-state index in [1.54, 1.807) is 6.08 Å². The zero-order chi connectivity index (χ0) is 19.6. The van der Waals surface area contributed by atoms with Gasteiger partial charge in [0.05, 0.1) is 5.41 Å². The van der Waals surface area contributed by atoms with Gasteiger partial charge >= 0.3 is 0 Å². The fourth-order valence-electron chi connectivity index (χ4n) is 7.30. The van der Waals surface area contributed by atoms with E-state index in [0.29, 0.717) is 11.8 Å². The lowest BCUT2D eigenvalue weighted by Crippen LogP contribution is -2.53. The molecule has 0 aromatic rings. The molecule has 3 fully saturated rings. The molecule has 3 saturated carbocycles. The molecule has 4 rings (SSSR count). The van der Waals surface area contributed by atoms with Crippen LogP contribution in [0.4, 0.5) is 4.39 Å². The second kappa shape index (κ2) is 6.47. The molecule has 0 saturated heterocycles. The molecule has 5 heteroatoms. The molecule has 7 atom stereocenters. The van der Waals surface area contributed by atoms with Crippen molar-refractivity contribution in [3.63, 3.8) is 0 Å². The van der Waals surface area contributed by atoms with Crippen LogP contribution in [-0.4, -0.2) is 22.0 Å². The van der Waals surface area contributed by atoms with Crippen molar-refractivity contribution < 1.29 is 19.1 Å². The molecule has 148 valence electrons. The third kappa shape index (κ3) is 2.60. The van der Waals surface area contributed by atoms with Crippen molar-refractivity contribution in [1.29, 1.82) is 0 Å². The summed E-state index contributed by atoms with van der Waals surface area (Å²) in [7, 11) is 0. The molecule has 0 amide bonds. The first kappa shape index (κ1) is 19.2. The molecule has 4 aliphatic rings. The molecule has 27 heavy (non-hydrogen) atoms. The third-order valence-corrected chi connectivity index (χ3v) is 9.15. The van der Waals surface area contributed by atoms with Gasteiger partial charge in [0.1, 0.15) is 11.8 Å². The fourth-order valence-corrected chi connectivity index (χ4v) is 8.09. The monoisotopic (exact) mass is 392 g/mol. The van der Waals surface area contributed by atoms with Gasteiger partial charge in [-0.2, -0.15) is 0 Å². The number of fused-ring (bicyclic) bond motifs is 5. The number of halogens is 1. The van der Waals surface area contributed by atoms with E-state index in [-0.39, 0.29) is 39.8 Å². The highest BCUT2D eigenvalue weighted by Gasteiger charge is 2.63. The van der Waals surface area contributed by atoms with Gasteiger partial charge in [-0.3, -0.25) is 9.59 Å². The molecular formula is C22H29FO3S. The normalized spacial score (nSPS) is 46.1. The maximum Gasteiger partial charge on any atom is 0.195 e. The first-order valence-electron chi connectivity index (χ1n) is 10.1. The van der Waals surface area contributed by atoms with E-state index in [2.05, 4.69) is 20.8 Å². The number of carbonyl (C=O) groups excluding carboxylic acids is 2. The van der Waals surface area contributed by atoms with Crippen molar-refractivity contribution in [2.75, 3.05) is 6.01 Å². The lowest BCUT2D eigenvalue weighted by molar-refractivity contribution is -0.134. The van der Waals surface area contributed by atoms with E-state index in [0.717, 1.165) is 49.4 Å². The van der Waals surface area contributed by atoms with Crippen LogP contribution in [0.1, 0.15) is 52.9 Å². The SMILES string of the molecule is CC1C[C@H]2[C@@H]3CCC4=CC(O)=CC(=O)[C@]4(C)[C@H]3CC[C@]2(C)[C@H]1C(=O)SCF. The molecule has 4 aliphatic carbocycles. The van der Waals surface area contributed by atoms with Crippen LogP contribution in [0.2, 0.25) is 0 Å². The summed E-state index contributed by atoms with van der Waals surface area (Å²) in [6.45, 7) is 6.44. The molecule has 1 unspecified atom stereocenters. The maximum absolute atomic E-state index is 12.9. The molecule has 0 aliphatic heterocycles. The summed E-state index contributed by atoms with van der Waals surface area (Å²) in [6.07, 6.45) is 7.86. The number of ketones is 1. The van der Waals surface area contributed by atoms with Gasteiger partial charge in [0, 0.05) is 12.0 Å². The van der Waals surface area contributed by atoms with Gasteiger partial charge in [0.25, 0.3) is 0 Å². The Hall–Kier alpha value is -1.10. The average molecular weight is 393 g/mol. The van der Waals surface area contributed by atoms with Crippen molar-refractivity contribution in [2.45, 2.75) is 52.9 Å². The van der Waals surface area contributed by atoms with E-state index < -0.39 is 11.4 Å². The maximum atomic E-state index is 12.9. The number of hydrogen-bond acceptors (Lipinski definition) is 4. The Labute approximate surface area is 164 Å². The highest BCUT2D eigenvalue weighted by atomic mass is 32.2. The van der Waals surface area contributed by atoms with Crippen LogP contribution in [0.15, 0.2) is 23.5 Å². The standard InChI is InChI=1S/C22H29FO3S/c1-12-8-17-15-5-4-13-9-14(24)10-18(25)22(13,3)16(15)6-7-21(17,2)19(12)20(26)27-11-23/h9-10,12,15-17,19,24H,4-8,11H2,1-3H3/t12?,15-,16+,17+,19-,21+,22+/m1/s1. The highest BCUT2D eigenvalue weighted by Crippen LogP contribution is 2.67. The molecule has 0 aromatic heterocycles. The smallest absolute Gasteiger partial charge is 0.195 e. The summed E-state index contributed by atoms with van der Waals surface area (Å²) in [5.74, 6) is 1.38. The lowest BCUT2D eigenvalue weighted by Gasteiger charge is -2.56. The minimum atomic E-state index is -0.647. The van der Waals surface area contributed by atoms with E-state index in [1.807, 2.05) is 0 Å². The first-order chi connectivity index (χ1) is 12.7. The van der Waals surface area contributed by atoms with Gasteiger partial charge in [-0.25, -0.2) is 4.39 Å². The Morgan fingerprint density at radius 3 is 2.74 bits per heavy atom. The predicted octanol–water partition coefficient (Wildman–Crippen LogP) is 5.23. The number of aliphatic hydroxyl groups excluding tert-OH is 1. The van der Waals surface area contributed by atoms with E-state index in [1.165, 1.54) is 6.08 Å². The van der Waals surface area contributed by atoms with Crippen LogP contribution in [0, 0.1) is 40.4 Å². The largest absolute Gasteiger partial charge is 0.508 e. The Bertz CT molecular complexity index is 744. The molecule has 0 heterocycles.